The maximum absolute atomic E-state index is 14.0. The Morgan fingerprint density at radius 3 is 1.57 bits per heavy atom. The molecular weight excluding hydrogens is 377 g/mol. The van der Waals surface area contributed by atoms with E-state index >= 15 is 0 Å². The fraction of sp³-hybridized carbons (Fsp3) is 0.684. The van der Waals surface area contributed by atoms with Crippen molar-refractivity contribution in [3.05, 3.63) is 23.8 Å². The quantitative estimate of drug-likeness (QED) is 0.560. The van der Waals surface area contributed by atoms with Crippen molar-refractivity contribution in [3.8, 4) is 0 Å². The lowest BCUT2D eigenvalue weighted by molar-refractivity contribution is -0.137. The highest BCUT2D eigenvalue weighted by atomic mass is 19.4. The first-order valence-electron chi connectivity index (χ1n) is 9.63. The summed E-state index contributed by atoms with van der Waals surface area (Å²) in [6, 6.07) is 4.61. The third-order valence-corrected chi connectivity index (χ3v) is 5.30. The van der Waals surface area contributed by atoms with E-state index in [9.17, 15) is 13.2 Å². The van der Waals surface area contributed by atoms with Gasteiger partial charge in [-0.1, -0.05) is 0 Å². The Morgan fingerprint density at radius 1 is 0.750 bits per heavy atom. The van der Waals surface area contributed by atoms with Gasteiger partial charge in [0.2, 0.25) is 0 Å². The van der Waals surface area contributed by atoms with E-state index in [2.05, 4.69) is 0 Å². The second-order valence-electron chi connectivity index (χ2n) is 7.83. The normalized spacial score (nSPS) is 30.1. The van der Waals surface area contributed by atoms with Crippen molar-refractivity contribution in [1.82, 2.24) is 0 Å². The lowest BCUT2D eigenvalue weighted by atomic mass is 10.1. The van der Waals surface area contributed by atoms with Gasteiger partial charge in [-0.05, 0) is 18.2 Å². The Morgan fingerprint density at radius 2 is 1.18 bits per heavy atom. The molecule has 6 nitrogen and oxygen atoms in total. The largest absolute Gasteiger partial charge is 0.418 e. The van der Waals surface area contributed by atoms with Gasteiger partial charge in [0.15, 0.2) is 0 Å². The van der Waals surface area contributed by atoms with Crippen molar-refractivity contribution in [2.45, 2.75) is 30.6 Å². The van der Waals surface area contributed by atoms with Crippen LogP contribution in [0.25, 0.3) is 0 Å². The Hall–Kier alpha value is -1.55. The average Bonchev–Trinajstić information content (AvgIpc) is 3.49. The second kappa shape index (κ2) is 7.05. The van der Waals surface area contributed by atoms with E-state index < -0.39 is 11.7 Å². The number of hydrogen-bond acceptors (Lipinski definition) is 6. The molecule has 28 heavy (non-hydrogen) atoms. The molecule has 0 bridgehead atoms. The number of alkyl halides is 3. The summed E-state index contributed by atoms with van der Waals surface area (Å²) in [5, 5.41) is 0. The van der Waals surface area contributed by atoms with Gasteiger partial charge in [0.25, 0.3) is 0 Å². The van der Waals surface area contributed by atoms with Crippen LogP contribution >= 0.6 is 0 Å². The predicted molar refractivity (Wildman–Crippen MR) is 94.8 cm³/mol. The molecule has 0 spiro atoms. The number of ether oxygens (including phenoxy) is 4. The molecule has 4 aliphatic rings. The molecule has 1 aromatic carbocycles. The summed E-state index contributed by atoms with van der Waals surface area (Å²) in [4.78, 5) is 3.69. The van der Waals surface area contributed by atoms with Gasteiger partial charge in [0, 0.05) is 37.6 Å². The van der Waals surface area contributed by atoms with Gasteiger partial charge in [-0.25, -0.2) is 0 Å². The minimum absolute atomic E-state index is 0.00459. The van der Waals surface area contributed by atoms with Crippen LogP contribution in [-0.4, -0.2) is 77.0 Å². The van der Waals surface area contributed by atoms with Crippen LogP contribution in [0.4, 0.5) is 24.5 Å². The van der Waals surface area contributed by atoms with Crippen molar-refractivity contribution in [2.75, 3.05) is 62.4 Å². The Bertz CT molecular complexity index is 688. The summed E-state index contributed by atoms with van der Waals surface area (Å²) in [7, 11) is 0. The highest BCUT2D eigenvalue weighted by Crippen LogP contribution is 2.40. The summed E-state index contributed by atoms with van der Waals surface area (Å²) in [5.74, 6) is 0. The van der Waals surface area contributed by atoms with Gasteiger partial charge in [0.05, 0.1) is 56.4 Å². The molecule has 0 amide bonds. The first kappa shape index (κ1) is 18.5. The molecule has 4 fully saturated rings. The molecule has 0 aromatic heterocycles. The highest BCUT2D eigenvalue weighted by Gasteiger charge is 2.39. The summed E-state index contributed by atoms with van der Waals surface area (Å²) >= 11 is 0. The standard InChI is InChI=1S/C19H23F3N2O4/c20-19(21,22)17-3-12(23(4-13-8-25-13)5-14-9-26-14)1-2-18(17)24(6-15-10-27-15)7-16-11-28-16/h1-3,13-16H,4-11H2. The van der Waals surface area contributed by atoms with Crippen LogP contribution in [-0.2, 0) is 25.1 Å². The monoisotopic (exact) mass is 400 g/mol. The Balaban J connectivity index is 1.44. The van der Waals surface area contributed by atoms with Gasteiger partial charge in [-0.3, -0.25) is 0 Å². The van der Waals surface area contributed by atoms with Crippen LogP contribution in [0.2, 0.25) is 0 Å². The predicted octanol–water partition coefficient (Wildman–Crippen LogP) is 1.91. The molecule has 9 heteroatoms. The lowest BCUT2D eigenvalue weighted by Gasteiger charge is -2.29. The van der Waals surface area contributed by atoms with Crippen LogP contribution in [0.5, 0.6) is 0 Å². The molecular formula is C19H23F3N2O4. The van der Waals surface area contributed by atoms with Crippen molar-refractivity contribution in [3.63, 3.8) is 0 Å². The van der Waals surface area contributed by atoms with Crippen LogP contribution in [0.1, 0.15) is 5.56 Å². The van der Waals surface area contributed by atoms with Crippen molar-refractivity contribution in [2.24, 2.45) is 0 Å². The van der Waals surface area contributed by atoms with Crippen molar-refractivity contribution >= 4 is 11.4 Å². The average molecular weight is 400 g/mol. The van der Waals surface area contributed by atoms with Crippen LogP contribution in [0, 0.1) is 0 Å². The summed E-state index contributed by atoms with van der Waals surface area (Å²) in [6.45, 7) is 4.54. The zero-order valence-electron chi connectivity index (χ0n) is 15.4. The van der Waals surface area contributed by atoms with E-state index in [-0.39, 0.29) is 30.1 Å². The van der Waals surface area contributed by atoms with Crippen molar-refractivity contribution in [1.29, 1.82) is 0 Å². The first-order valence-corrected chi connectivity index (χ1v) is 9.63. The summed E-state index contributed by atoms with van der Waals surface area (Å²) in [5.41, 5.74) is 0.115. The van der Waals surface area contributed by atoms with Crippen molar-refractivity contribution < 1.29 is 32.1 Å². The fourth-order valence-electron chi connectivity index (χ4n) is 3.46. The molecule has 0 radical (unpaired) electrons. The van der Waals surface area contributed by atoms with Gasteiger partial charge < -0.3 is 28.7 Å². The zero-order chi connectivity index (χ0) is 19.3. The van der Waals surface area contributed by atoms with E-state index in [4.69, 9.17) is 18.9 Å². The molecule has 5 rings (SSSR count). The minimum Gasteiger partial charge on any atom is -0.371 e. The molecule has 0 saturated carbocycles. The summed E-state index contributed by atoms with van der Waals surface area (Å²) < 4.78 is 62.9. The highest BCUT2D eigenvalue weighted by molar-refractivity contribution is 5.63. The van der Waals surface area contributed by atoms with E-state index in [0.717, 1.165) is 0 Å². The third-order valence-electron chi connectivity index (χ3n) is 5.30. The zero-order valence-corrected chi connectivity index (χ0v) is 15.4. The van der Waals surface area contributed by atoms with Crippen LogP contribution in [0.15, 0.2) is 18.2 Å². The van der Waals surface area contributed by atoms with E-state index in [1.54, 1.807) is 17.0 Å². The molecule has 4 unspecified atom stereocenters. The molecule has 0 N–H and O–H groups in total. The minimum atomic E-state index is -4.45. The Kier molecular flexibility index (Phi) is 4.65. The third kappa shape index (κ3) is 4.71. The number of rotatable bonds is 10. The second-order valence-corrected chi connectivity index (χ2v) is 7.83. The van der Waals surface area contributed by atoms with Gasteiger partial charge in [-0.15, -0.1) is 0 Å². The van der Waals surface area contributed by atoms with E-state index in [0.29, 0.717) is 58.3 Å². The SMILES string of the molecule is FC(F)(F)c1cc(N(CC2CO2)CC2CO2)ccc1N(CC1CO1)CC1CO1. The lowest BCUT2D eigenvalue weighted by Crippen LogP contribution is -2.34. The maximum Gasteiger partial charge on any atom is 0.418 e. The molecule has 4 aliphatic heterocycles. The first-order chi connectivity index (χ1) is 13.5. The summed E-state index contributed by atoms with van der Waals surface area (Å²) in [6.07, 6.45) is -4.28. The van der Waals surface area contributed by atoms with E-state index in [1.807, 2.05) is 4.90 Å². The number of hydrogen-bond donors (Lipinski definition) is 0. The van der Waals surface area contributed by atoms with E-state index in [1.165, 1.54) is 6.07 Å². The van der Waals surface area contributed by atoms with Gasteiger partial charge >= 0.3 is 6.18 Å². The molecule has 4 atom stereocenters. The number of anilines is 2. The molecule has 0 aliphatic carbocycles. The number of nitrogens with zero attached hydrogens (tertiary/aromatic N) is 2. The maximum atomic E-state index is 14.0. The Labute approximate surface area is 161 Å². The molecule has 1 aromatic rings. The number of epoxide rings is 4. The van der Waals surface area contributed by atoms with Gasteiger partial charge in [0.1, 0.15) is 0 Å². The smallest absolute Gasteiger partial charge is 0.371 e. The molecule has 4 saturated heterocycles. The fourth-order valence-corrected chi connectivity index (χ4v) is 3.46. The van der Waals surface area contributed by atoms with Gasteiger partial charge in [-0.2, -0.15) is 13.2 Å². The number of benzene rings is 1. The number of halogens is 3. The van der Waals surface area contributed by atoms with Crippen LogP contribution in [0.3, 0.4) is 0 Å². The topological polar surface area (TPSA) is 56.6 Å². The molecule has 154 valence electrons. The van der Waals surface area contributed by atoms with Crippen LogP contribution < -0.4 is 9.80 Å². The molecule has 4 heterocycles.